The van der Waals surface area contributed by atoms with Crippen LogP contribution in [-0.4, -0.2) is 41.6 Å². The quantitative estimate of drug-likeness (QED) is 0.326. The van der Waals surface area contributed by atoms with Crippen LogP contribution in [0.3, 0.4) is 0 Å². The Balaban J connectivity index is 1.36. The van der Waals surface area contributed by atoms with Crippen LogP contribution < -0.4 is 10.1 Å². The van der Waals surface area contributed by atoms with Gasteiger partial charge < -0.3 is 15.2 Å². The van der Waals surface area contributed by atoms with E-state index in [9.17, 15) is 27.9 Å². The summed E-state index contributed by atoms with van der Waals surface area (Å²) in [5.41, 5.74) is -0.226. The highest BCUT2D eigenvalue weighted by molar-refractivity contribution is 5.94. The number of alkyl halides is 5. The topological polar surface area (TPSA) is 75.6 Å². The van der Waals surface area contributed by atoms with E-state index < -0.39 is 41.4 Å². The minimum absolute atomic E-state index is 0.0226. The fraction of sp³-hybridized carbons (Fsp3) is 0.486. The predicted molar refractivity (Wildman–Crippen MR) is 157 cm³/mol. The number of rotatable bonds is 6. The number of nitrogens with one attached hydrogen (secondary N) is 1. The first kappa shape index (κ1) is 31.5. The molecule has 0 spiro atoms. The summed E-state index contributed by atoms with van der Waals surface area (Å²) in [6.07, 6.45) is -3.13. The van der Waals surface area contributed by atoms with Crippen molar-refractivity contribution >= 4 is 11.7 Å². The number of fused-ring (bicyclic) bond motifs is 4. The molecule has 0 heterocycles. The van der Waals surface area contributed by atoms with Crippen LogP contribution in [0.15, 0.2) is 71.3 Å². The smallest absolute Gasteiger partial charge is 0.456 e. The first-order valence-electron chi connectivity index (χ1n) is 15.3. The third kappa shape index (κ3) is 5.00. The maximum absolute atomic E-state index is 15.2. The average Bonchev–Trinajstić information content (AvgIpc) is 3.30. The first-order valence-corrected chi connectivity index (χ1v) is 15.3. The zero-order chi connectivity index (χ0) is 32.4. The molecule has 4 aliphatic carbocycles. The molecule has 0 bridgehead atoms. The molecule has 4 aliphatic rings. The number of hydrogen-bond acceptors (Lipinski definition) is 4. The van der Waals surface area contributed by atoms with E-state index in [-0.39, 0.29) is 37.0 Å². The van der Waals surface area contributed by atoms with Crippen molar-refractivity contribution in [3.63, 3.8) is 0 Å². The van der Waals surface area contributed by atoms with Crippen LogP contribution in [0, 0.1) is 17.3 Å². The molecule has 45 heavy (non-hydrogen) atoms. The summed E-state index contributed by atoms with van der Waals surface area (Å²) in [5.74, 6) is -6.38. The Morgan fingerprint density at radius 3 is 2.47 bits per heavy atom. The minimum Gasteiger partial charge on any atom is -0.497 e. The Kier molecular flexibility index (Phi) is 7.74. The Hall–Kier alpha value is -3.53. The summed E-state index contributed by atoms with van der Waals surface area (Å²) in [5, 5.41) is 14.3. The van der Waals surface area contributed by atoms with Gasteiger partial charge >= 0.3 is 12.1 Å². The lowest BCUT2D eigenvalue weighted by molar-refractivity contribution is -0.362. The van der Waals surface area contributed by atoms with Crippen molar-refractivity contribution in [2.75, 3.05) is 7.11 Å². The van der Waals surface area contributed by atoms with Crippen LogP contribution in [0.1, 0.15) is 79.3 Å². The number of carbonyl (C=O) groups is 2. The van der Waals surface area contributed by atoms with Crippen LogP contribution in [0.4, 0.5) is 22.0 Å². The SMILES string of the molecule is COc1cccc(CNC(=O)c2ccc([C@H]3C[C@@]4(C)C(CC[C@]4(O)C(F)(F)C(F)(F)F)C4CCC5=CC(=O)CCC5=C43)cc2)c1. The van der Waals surface area contributed by atoms with Crippen LogP contribution in [0.2, 0.25) is 0 Å². The van der Waals surface area contributed by atoms with Crippen molar-refractivity contribution in [1.82, 2.24) is 5.32 Å². The number of hydrogen-bond donors (Lipinski definition) is 2. The Morgan fingerprint density at radius 1 is 1.04 bits per heavy atom. The maximum atomic E-state index is 15.2. The molecule has 2 N–H and O–H groups in total. The molecule has 5 atom stereocenters. The van der Waals surface area contributed by atoms with Gasteiger partial charge in [0.1, 0.15) is 11.4 Å². The van der Waals surface area contributed by atoms with Gasteiger partial charge in [0.15, 0.2) is 5.78 Å². The van der Waals surface area contributed by atoms with Crippen LogP contribution in [-0.2, 0) is 11.3 Å². The Labute approximate surface area is 258 Å². The number of carbonyl (C=O) groups excluding carboxylic acids is 2. The van der Waals surface area contributed by atoms with E-state index in [0.29, 0.717) is 42.6 Å². The molecule has 240 valence electrons. The summed E-state index contributed by atoms with van der Waals surface area (Å²) in [6, 6.07) is 14.0. The second-order valence-corrected chi connectivity index (χ2v) is 13.1. The van der Waals surface area contributed by atoms with E-state index in [0.717, 1.165) is 22.3 Å². The van der Waals surface area contributed by atoms with Crippen molar-refractivity contribution in [3.8, 4) is 5.75 Å². The molecule has 0 aliphatic heterocycles. The molecule has 2 fully saturated rings. The van der Waals surface area contributed by atoms with Gasteiger partial charge in [-0.1, -0.05) is 36.8 Å². The maximum Gasteiger partial charge on any atom is 0.456 e. The molecule has 6 rings (SSSR count). The normalized spacial score (nSPS) is 29.8. The summed E-state index contributed by atoms with van der Waals surface area (Å²) >= 11 is 0. The predicted octanol–water partition coefficient (Wildman–Crippen LogP) is 7.45. The van der Waals surface area contributed by atoms with E-state index in [1.807, 2.05) is 18.2 Å². The van der Waals surface area contributed by atoms with Crippen LogP contribution in [0.25, 0.3) is 0 Å². The molecule has 10 heteroatoms. The molecule has 2 aromatic carbocycles. The zero-order valence-electron chi connectivity index (χ0n) is 25.1. The number of benzene rings is 2. The molecule has 2 unspecified atom stereocenters. The highest BCUT2D eigenvalue weighted by Crippen LogP contribution is 2.70. The third-order valence-corrected chi connectivity index (χ3v) is 10.9. The largest absolute Gasteiger partial charge is 0.497 e. The summed E-state index contributed by atoms with van der Waals surface area (Å²) < 4.78 is 77.0. The molecule has 0 radical (unpaired) electrons. The highest BCUT2D eigenvalue weighted by Gasteiger charge is 2.79. The van der Waals surface area contributed by atoms with E-state index in [1.54, 1.807) is 43.5 Å². The number of amides is 1. The van der Waals surface area contributed by atoms with Crippen molar-refractivity contribution in [1.29, 1.82) is 0 Å². The van der Waals surface area contributed by atoms with E-state index in [1.165, 1.54) is 6.92 Å². The van der Waals surface area contributed by atoms with Crippen molar-refractivity contribution in [2.24, 2.45) is 17.3 Å². The third-order valence-electron chi connectivity index (χ3n) is 10.9. The summed E-state index contributed by atoms with van der Waals surface area (Å²) in [6.45, 7) is 1.66. The molecule has 0 aromatic heterocycles. The fourth-order valence-corrected chi connectivity index (χ4v) is 8.65. The number of allylic oxidation sites excluding steroid dienone is 4. The molecular formula is C35H36F5NO4. The van der Waals surface area contributed by atoms with Crippen molar-refractivity contribution < 1.29 is 41.4 Å². The first-order chi connectivity index (χ1) is 21.2. The number of aliphatic hydroxyl groups is 1. The summed E-state index contributed by atoms with van der Waals surface area (Å²) in [4.78, 5) is 25.2. The number of halogens is 5. The van der Waals surface area contributed by atoms with Gasteiger partial charge in [-0.3, -0.25) is 9.59 Å². The molecule has 0 saturated heterocycles. The van der Waals surface area contributed by atoms with Crippen molar-refractivity contribution in [3.05, 3.63) is 88.0 Å². The number of methoxy groups -OCH3 is 1. The lowest BCUT2D eigenvalue weighted by Crippen LogP contribution is -2.65. The van der Waals surface area contributed by atoms with Gasteiger partial charge in [0.25, 0.3) is 5.91 Å². The second-order valence-electron chi connectivity index (χ2n) is 13.1. The molecule has 2 saturated carbocycles. The van der Waals surface area contributed by atoms with E-state index in [2.05, 4.69) is 5.32 Å². The molecule has 1 amide bonds. The lowest BCUT2D eigenvalue weighted by atomic mass is 9.50. The van der Waals surface area contributed by atoms with Gasteiger partial charge in [0.2, 0.25) is 0 Å². The van der Waals surface area contributed by atoms with Gasteiger partial charge in [0.05, 0.1) is 7.11 Å². The van der Waals surface area contributed by atoms with Gasteiger partial charge in [0, 0.05) is 29.9 Å². The summed E-state index contributed by atoms with van der Waals surface area (Å²) in [7, 11) is 1.55. The highest BCUT2D eigenvalue weighted by atomic mass is 19.4. The number of ketones is 1. The molecule has 5 nitrogen and oxygen atoms in total. The lowest BCUT2D eigenvalue weighted by Gasteiger charge is -2.56. The second kappa shape index (κ2) is 11.1. The number of ether oxygens (including phenoxy) is 1. The minimum atomic E-state index is -5.90. The van der Waals surface area contributed by atoms with Gasteiger partial charge in [-0.25, -0.2) is 0 Å². The standard InChI is InChI=1S/C35H36F5NO4/c1-32-18-28(21-6-8-22(9-7-21)31(43)41-19-20-4-3-5-25(16-20)45-2)30-26-13-11-24(42)17-23(26)10-12-27(30)29(32)14-15-33(32,44)34(36,37)35(38,39)40/h3-9,16-17,27-29,44H,10-15,18-19H2,1-2H3,(H,41,43)/t27?,28-,29?,32+,33-/m1/s1. The van der Waals surface area contributed by atoms with E-state index in [4.69, 9.17) is 4.74 Å². The van der Waals surface area contributed by atoms with E-state index >= 15 is 8.78 Å². The van der Waals surface area contributed by atoms with Crippen molar-refractivity contribution in [2.45, 2.75) is 82.0 Å². The average molecular weight is 630 g/mol. The van der Waals surface area contributed by atoms with Crippen LogP contribution >= 0.6 is 0 Å². The van der Waals surface area contributed by atoms with Gasteiger partial charge in [-0.05, 0) is 103 Å². The molecular weight excluding hydrogens is 593 g/mol. The Bertz CT molecular complexity index is 1580. The van der Waals surface area contributed by atoms with Gasteiger partial charge in [-0.15, -0.1) is 0 Å². The van der Waals surface area contributed by atoms with Gasteiger partial charge in [-0.2, -0.15) is 22.0 Å². The fourth-order valence-electron chi connectivity index (χ4n) is 8.65. The Morgan fingerprint density at radius 2 is 1.78 bits per heavy atom. The monoisotopic (exact) mass is 629 g/mol. The zero-order valence-corrected chi connectivity index (χ0v) is 25.1. The van der Waals surface area contributed by atoms with Crippen LogP contribution in [0.5, 0.6) is 5.75 Å². The molecule has 2 aromatic rings.